The SMILES string of the molecule is CC(CNC1CCCC1)Sc1ccc(F)cc1F. The van der Waals surface area contributed by atoms with Crippen molar-refractivity contribution < 1.29 is 8.78 Å². The third-order valence-electron chi connectivity index (χ3n) is 3.27. The maximum absolute atomic E-state index is 13.5. The van der Waals surface area contributed by atoms with Crippen LogP contribution in [0.25, 0.3) is 0 Å². The molecular formula is C14H19F2NS. The standard InChI is InChI=1S/C14H19F2NS/c1-10(9-17-12-4-2-3-5-12)18-14-7-6-11(15)8-13(14)16/h6-8,10,12,17H,2-5,9H2,1H3. The van der Waals surface area contributed by atoms with Gasteiger partial charge in [0, 0.05) is 28.8 Å². The molecule has 1 fully saturated rings. The van der Waals surface area contributed by atoms with Crippen LogP contribution in [0, 0.1) is 11.6 Å². The fourth-order valence-corrected chi connectivity index (χ4v) is 3.22. The van der Waals surface area contributed by atoms with Crippen molar-refractivity contribution in [2.75, 3.05) is 6.54 Å². The van der Waals surface area contributed by atoms with Crippen LogP contribution in [0.2, 0.25) is 0 Å². The van der Waals surface area contributed by atoms with E-state index in [4.69, 9.17) is 0 Å². The van der Waals surface area contributed by atoms with Crippen molar-refractivity contribution in [2.24, 2.45) is 0 Å². The molecule has 1 aliphatic rings. The van der Waals surface area contributed by atoms with Crippen molar-refractivity contribution in [1.29, 1.82) is 0 Å². The van der Waals surface area contributed by atoms with Gasteiger partial charge in [0.15, 0.2) is 0 Å². The highest BCUT2D eigenvalue weighted by molar-refractivity contribution is 8.00. The Morgan fingerprint density at radius 3 is 2.72 bits per heavy atom. The van der Waals surface area contributed by atoms with Crippen LogP contribution in [0.5, 0.6) is 0 Å². The molecule has 0 aromatic heterocycles. The lowest BCUT2D eigenvalue weighted by Crippen LogP contribution is -2.31. The molecule has 1 saturated carbocycles. The third-order valence-corrected chi connectivity index (χ3v) is 4.43. The summed E-state index contributed by atoms with van der Waals surface area (Å²) in [6.45, 7) is 2.93. The first kappa shape index (κ1) is 13.8. The van der Waals surface area contributed by atoms with Gasteiger partial charge in [0.1, 0.15) is 11.6 Å². The van der Waals surface area contributed by atoms with Crippen molar-refractivity contribution in [2.45, 2.75) is 48.8 Å². The predicted molar refractivity (Wildman–Crippen MR) is 71.9 cm³/mol. The fraction of sp³-hybridized carbons (Fsp3) is 0.571. The minimum Gasteiger partial charge on any atom is -0.313 e. The molecule has 18 heavy (non-hydrogen) atoms. The maximum Gasteiger partial charge on any atom is 0.139 e. The second kappa shape index (κ2) is 6.53. The number of hydrogen-bond acceptors (Lipinski definition) is 2. The molecule has 0 saturated heterocycles. The zero-order chi connectivity index (χ0) is 13.0. The molecular weight excluding hydrogens is 252 g/mol. The molecule has 1 atom stereocenters. The van der Waals surface area contributed by atoms with E-state index in [1.54, 1.807) is 0 Å². The van der Waals surface area contributed by atoms with Gasteiger partial charge in [-0.3, -0.25) is 0 Å². The van der Waals surface area contributed by atoms with E-state index < -0.39 is 11.6 Å². The van der Waals surface area contributed by atoms with Crippen LogP contribution in [0.15, 0.2) is 23.1 Å². The number of benzene rings is 1. The smallest absolute Gasteiger partial charge is 0.139 e. The number of nitrogens with one attached hydrogen (secondary N) is 1. The Morgan fingerprint density at radius 1 is 1.33 bits per heavy atom. The van der Waals surface area contributed by atoms with Crippen LogP contribution < -0.4 is 5.32 Å². The molecule has 0 amide bonds. The molecule has 0 heterocycles. The number of hydrogen-bond donors (Lipinski definition) is 1. The van der Waals surface area contributed by atoms with Gasteiger partial charge in [0.05, 0.1) is 0 Å². The van der Waals surface area contributed by atoms with Gasteiger partial charge >= 0.3 is 0 Å². The quantitative estimate of drug-likeness (QED) is 0.813. The summed E-state index contributed by atoms with van der Waals surface area (Å²) >= 11 is 1.46. The van der Waals surface area contributed by atoms with E-state index >= 15 is 0 Å². The van der Waals surface area contributed by atoms with Gasteiger partial charge in [-0.1, -0.05) is 19.8 Å². The van der Waals surface area contributed by atoms with Crippen molar-refractivity contribution in [3.8, 4) is 0 Å². The van der Waals surface area contributed by atoms with E-state index in [1.165, 1.54) is 49.6 Å². The molecule has 0 spiro atoms. The van der Waals surface area contributed by atoms with E-state index in [9.17, 15) is 8.78 Å². The van der Waals surface area contributed by atoms with Crippen LogP contribution in [0.4, 0.5) is 8.78 Å². The van der Waals surface area contributed by atoms with Gasteiger partial charge < -0.3 is 5.32 Å². The van der Waals surface area contributed by atoms with E-state index in [-0.39, 0.29) is 5.25 Å². The average Bonchev–Trinajstić information content (AvgIpc) is 2.83. The highest BCUT2D eigenvalue weighted by Gasteiger charge is 2.16. The highest BCUT2D eigenvalue weighted by atomic mass is 32.2. The summed E-state index contributed by atoms with van der Waals surface area (Å²) < 4.78 is 26.2. The second-order valence-corrected chi connectivity index (χ2v) is 6.37. The minimum absolute atomic E-state index is 0.283. The first-order valence-corrected chi connectivity index (χ1v) is 7.38. The Balaban J connectivity index is 1.80. The first-order valence-electron chi connectivity index (χ1n) is 6.50. The van der Waals surface area contributed by atoms with Crippen molar-refractivity contribution in [3.63, 3.8) is 0 Å². The van der Waals surface area contributed by atoms with Crippen LogP contribution in [-0.2, 0) is 0 Å². The number of rotatable bonds is 5. The molecule has 1 aromatic rings. The minimum atomic E-state index is -0.520. The lowest BCUT2D eigenvalue weighted by atomic mass is 10.2. The second-order valence-electron chi connectivity index (χ2n) is 4.89. The molecule has 2 rings (SSSR count). The third kappa shape index (κ3) is 3.95. The molecule has 100 valence electrons. The van der Waals surface area contributed by atoms with Gasteiger partial charge in [-0.25, -0.2) is 8.78 Å². The summed E-state index contributed by atoms with van der Waals surface area (Å²) in [5, 5.41) is 3.80. The summed E-state index contributed by atoms with van der Waals surface area (Å²) in [4.78, 5) is 0.525. The van der Waals surface area contributed by atoms with Gasteiger partial charge in [0.25, 0.3) is 0 Å². The Kier molecular flexibility index (Phi) is 5.01. The zero-order valence-corrected chi connectivity index (χ0v) is 11.4. The van der Waals surface area contributed by atoms with E-state index in [1.807, 2.05) is 0 Å². The molecule has 1 unspecified atom stereocenters. The van der Waals surface area contributed by atoms with Gasteiger partial charge in [-0.2, -0.15) is 0 Å². The largest absolute Gasteiger partial charge is 0.313 e. The molecule has 1 aliphatic carbocycles. The van der Waals surface area contributed by atoms with E-state index in [0.717, 1.165) is 12.6 Å². The average molecular weight is 271 g/mol. The maximum atomic E-state index is 13.5. The van der Waals surface area contributed by atoms with E-state index in [0.29, 0.717) is 10.9 Å². The van der Waals surface area contributed by atoms with Crippen LogP contribution in [-0.4, -0.2) is 17.8 Å². The monoisotopic (exact) mass is 271 g/mol. The summed E-state index contributed by atoms with van der Waals surface area (Å²) in [5.74, 6) is -0.985. The summed E-state index contributed by atoms with van der Waals surface area (Å²) in [6.07, 6.45) is 5.13. The van der Waals surface area contributed by atoms with Gasteiger partial charge in [-0.15, -0.1) is 11.8 Å². The Hall–Kier alpha value is -0.610. The molecule has 4 heteroatoms. The first-order chi connectivity index (χ1) is 8.65. The molecule has 1 nitrogen and oxygen atoms in total. The topological polar surface area (TPSA) is 12.0 Å². The van der Waals surface area contributed by atoms with Crippen LogP contribution >= 0.6 is 11.8 Å². The molecule has 0 bridgehead atoms. The predicted octanol–water partition coefficient (Wildman–Crippen LogP) is 3.98. The molecule has 0 radical (unpaired) electrons. The number of thioether (sulfide) groups is 1. The molecule has 1 aromatic carbocycles. The van der Waals surface area contributed by atoms with Crippen LogP contribution in [0.1, 0.15) is 32.6 Å². The van der Waals surface area contributed by atoms with Crippen LogP contribution in [0.3, 0.4) is 0 Å². The Morgan fingerprint density at radius 2 is 2.06 bits per heavy atom. The van der Waals surface area contributed by atoms with Gasteiger partial charge in [0.2, 0.25) is 0 Å². The molecule has 1 N–H and O–H groups in total. The Labute approximate surface area is 111 Å². The zero-order valence-electron chi connectivity index (χ0n) is 10.6. The lowest BCUT2D eigenvalue weighted by Gasteiger charge is -2.16. The fourth-order valence-electron chi connectivity index (χ4n) is 2.29. The van der Waals surface area contributed by atoms with Crippen molar-refractivity contribution in [3.05, 3.63) is 29.8 Å². The number of halogens is 2. The summed E-state index contributed by atoms with van der Waals surface area (Å²) in [6, 6.07) is 4.40. The van der Waals surface area contributed by atoms with E-state index in [2.05, 4.69) is 12.2 Å². The Bertz CT molecular complexity index is 391. The summed E-state index contributed by atoms with van der Waals surface area (Å²) in [5.41, 5.74) is 0. The van der Waals surface area contributed by atoms with Gasteiger partial charge in [-0.05, 0) is 25.0 Å². The normalized spacial score (nSPS) is 18.2. The highest BCUT2D eigenvalue weighted by Crippen LogP contribution is 2.26. The molecule has 0 aliphatic heterocycles. The van der Waals surface area contributed by atoms with Crippen molar-refractivity contribution >= 4 is 11.8 Å². The van der Waals surface area contributed by atoms with Crippen molar-refractivity contribution in [1.82, 2.24) is 5.32 Å². The summed E-state index contributed by atoms with van der Waals surface area (Å²) in [7, 11) is 0. The lowest BCUT2D eigenvalue weighted by molar-refractivity contribution is 0.526.